The van der Waals surface area contributed by atoms with Crippen LogP contribution in [0.2, 0.25) is 0 Å². The highest BCUT2D eigenvalue weighted by atomic mass is 16.1. The van der Waals surface area contributed by atoms with E-state index in [0.717, 1.165) is 52.1 Å². The molecule has 0 amide bonds. The molecular formula is C25H25N3O. The van der Waals surface area contributed by atoms with Crippen molar-refractivity contribution in [3.8, 4) is 6.07 Å². The second-order valence-electron chi connectivity index (χ2n) is 8.01. The molecular weight excluding hydrogens is 358 g/mol. The smallest absolute Gasteiger partial charge is 0.161 e. The quantitative estimate of drug-likeness (QED) is 0.799. The average molecular weight is 383 g/mol. The number of Topliss-reactive ketones (excluding diaryl/α,β-unsaturated/α-hetero) is 1. The van der Waals surface area contributed by atoms with Crippen LogP contribution in [-0.2, 0) is 4.79 Å². The lowest BCUT2D eigenvalue weighted by molar-refractivity contribution is -0.116. The van der Waals surface area contributed by atoms with Crippen molar-refractivity contribution in [3.05, 3.63) is 87.4 Å². The van der Waals surface area contributed by atoms with Crippen LogP contribution < -0.4 is 10.6 Å². The first-order chi connectivity index (χ1) is 13.9. The van der Waals surface area contributed by atoms with E-state index in [0.29, 0.717) is 17.8 Å². The summed E-state index contributed by atoms with van der Waals surface area (Å²) < 4.78 is 0. The molecule has 2 aliphatic rings. The topological polar surface area (TPSA) is 70.1 Å². The molecule has 4 nitrogen and oxygen atoms in total. The predicted octanol–water partition coefficient (Wildman–Crippen LogP) is 4.92. The van der Waals surface area contributed by atoms with Gasteiger partial charge in [0.2, 0.25) is 0 Å². The lowest BCUT2D eigenvalue weighted by Crippen LogP contribution is -2.38. The molecule has 1 aliphatic heterocycles. The zero-order valence-electron chi connectivity index (χ0n) is 17.1. The molecule has 0 bridgehead atoms. The third kappa shape index (κ3) is 3.13. The second-order valence-corrected chi connectivity index (χ2v) is 8.01. The van der Waals surface area contributed by atoms with Crippen LogP contribution >= 0.6 is 0 Å². The number of carbonyl (C=O) groups is 1. The van der Waals surface area contributed by atoms with Crippen LogP contribution in [-0.4, -0.2) is 5.78 Å². The molecule has 0 saturated heterocycles. The third-order valence-electron chi connectivity index (χ3n) is 5.95. The van der Waals surface area contributed by atoms with Gasteiger partial charge in [-0.3, -0.25) is 9.69 Å². The van der Waals surface area contributed by atoms with Crippen LogP contribution in [0, 0.1) is 32.1 Å². The number of aryl methyl sites for hydroxylation is 3. The molecule has 4 heteroatoms. The van der Waals surface area contributed by atoms with Crippen molar-refractivity contribution in [3.63, 3.8) is 0 Å². The van der Waals surface area contributed by atoms with Crippen LogP contribution in [0.3, 0.4) is 0 Å². The van der Waals surface area contributed by atoms with E-state index in [1.165, 1.54) is 0 Å². The van der Waals surface area contributed by atoms with E-state index in [-0.39, 0.29) is 5.78 Å². The molecule has 0 saturated carbocycles. The van der Waals surface area contributed by atoms with Gasteiger partial charge in [0.05, 0.1) is 17.6 Å². The van der Waals surface area contributed by atoms with E-state index in [1.54, 1.807) is 0 Å². The summed E-state index contributed by atoms with van der Waals surface area (Å²) in [7, 11) is 0. The zero-order chi connectivity index (χ0) is 20.7. The fourth-order valence-electron chi connectivity index (χ4n) is 4.46. The Balaban J connectivity index is 1.99. The van der Waals surface area contributed by atoms with E-state index >= 15 is 0 Å². The molecule has 2 aromatic carbocycles. The fourth-order valence-corrected chi connectivity index (χ4v) is 4.46. The molecule has 29 heavy (non-hydrogen) atoms. The molecule has 2 N–H and O–H groups in total. The van der Waals surface area contributed by atoms with Gasteiger partial charge in [-0.2, -0.15) is 5.26 Å². The number of hydrogen-bond donors (Lipinski definition) is 1. The number of allylic oxidation sites excluding steroid dienone is 3. The Labute approximate surface area is 171 Å². The van der Waals surface area contributed by atoms with Crippen molar-refractivity contribution in [2.24, 2.45) is 5.73 Å². The highest BCUT2D eigenvalue weighted by Gasteiger charge is 2.40. The summed E-state index contributed by atoms with van der Waals surface area (Å²) in [6.07, 6.45) is 2.09. The number of rotatable bonds is 2. The number of nitriles is 1. The molecule has 0 radical (unpaired) electrons. The number of ketones is 1. The minimum absolute atomic E-state index is 0.120. The first-order valence-electron chi connectivity index (χ1n) is 10.0. The molecule has 1 atom stereocenters. The van der Waals surface area contributed by atoms with Crippen molar-refractivity contribution in [2.45, 2.75) is 46.0 Å². The number of hydrogen-bond acceptors (Lipinski definition) is 4. The Morgan fingerprint density at radius 2 is 1.72 bits per heavy atom. The maximum Gasteiger partial charge on any atom is 0.161 e. The second kappa shape index (κ2) is 7.25. The SMILES string of the molecule is Cc1ccc(N2C(N)=C(C#N)[C@H](c3cc(C)ccc3C)C3=C2CCCC3=O)cc1. The summed E-state index contributed by atoms with van der Waals surface area (Å²) in [5.41, 5.74) is 13.9. The first kappa shape index (κ1) is 19.0. The van der Waals surface area contributed by atoms with Gasteiger partial charge < -0.3 is 5.73 Å². The molecule has 146 valence electrons. The van der Waals surface area contributed by atoms with Crippen LogP contribution in [0.5, 0.6) is 0 Å². The lowest BCUT2D eigenvalue weighted by atomic mass is 9.74. The van der Waals surface area contributed by atoms with Gasteiger partial charge in [-0.15, -0.1) is 0 Å². The summed E-state index contributed by atoms with van der Waals surface area (Å²) in [5, 5.41) is 10.1. The van der Waals surface area contributed by atoms with Gasteiger partial charge in [0, 0.05) is 23.4 Å². The monoisotopic (exact) mass is 383 g/mol. The van der Waals surface area contributed by atoms with Gasteiger partial charge in [0.25, 0.3) is 0 Å². The number of carbonyl (C=O) groups excluding carboxylic acids is 1. The van der Waals surface area contributed by atoms with E-state index < -0.39 is 5.92 Å². The summed E-state index contributed by atoms with van der Waals surface area (Å²) in [6.45, 7) is 6.09. The van der Waals surface area contributed by atoms with Gasteiger partial charge >= 0.3 is 0 Å². The average Bonchev–Trinajstić information content (AvgIpc) is 2.70. The lowest BCUT2D eigenvalue weighted by Gasteiger charge is -2.40. The maximum absolute atomic E-state index is 13.2. The number of benzene rings is 2. The molecule has 0 spiro atoms. The highest BCUT2D eigenvalue weighted by molar-refractivity contribution is 6.01. The Hall–Kier alpha value is -3.32. The standard InChI is InChI=1S/C25H25N3O/c1-15-8-11-18(12-9-15)28-21-5-4-6-22(29)24(21)23(20(14-26)25(28)27)19-13-16(2)7-10-17(19)3/h7-13,23H,4-6,27H2,1-3H3/t23-/m0/s1. The molecule has 2 aromatic rings. The largest absolute Gasteiger partial charge is 0.384 e. The molecule has 4 rings (SSSR count). The summed E-state index contributed by atoms with van der Waals surface area (Å²) in [5.74, 6) is 0.148. The van der Waals surface area contributed by atoms with E-state index in [9.17, 15) is 10.1 Å². The van der Waals surface area contributed by atoms with Gasteiger partial charge in [0.15, 0.2) is 5.78 Å². The Kier molecular flexibility index (Phi) is 4.76. The number of nitrogens with zero attached hydrogens (tertiary/aromatic N) is 2. The van der Waals surface area contributed by atoms with E-state index in [2.05, 4.69) is 24.3 Å². The minimum atomic E-state index is -0.399. The van der Waals surface area contributed by atoms with Crippen molar-refractivity contribution in [2.75, 3.05) is 4.90 Å². The molecule has 0 aromatic heterocycles. The van der Waals surface area contributed by atoms with Gasteiger partial charge in [-0.1, -0.05) is 41.5 Å². The van der Waals surface area contributed by atoms with Gasteiger partial charge in [-0.05, 0) is 56.9 Å². The van der Waals surface area contributed by atoms with E-state index in [1.807, 2.05) is 49.9 Å². The van der Waals surface area contributed by atoms with Gasteiger partial charge in [-0.25, -0.2) is 0 Å². The van der Waals surface area contributed by atoms with Crippen LogP contribution in [0.15, 0.2) is 65.1 Å². The summed E-state index contributed by atoms with van der Waals surface area (Å²) in [6, 6.07) is 16.6. The third-order valence-corrected chi connectivity index (χ3v) is 5.95. The summed E-state index contributed by atoms with van der Waals surface area (Å²) in [4.78, 5) is 15.1. The van der Waals surface area contributed by atoms with E-state index in [4.69, 9.17) is 5.73 Å². The van der Waals surface area contributed by atoms with Crippen LogP contribution in [0.4, 0.5) is 5.69 Å². The zero-order valence-corrected chi connectivity index (χ0v) is 17.1. The van der Waals surface area contributed by atoms with Crippen LogP contribution in [0.25, 0.3) is 0 Å². The first-order valence-corrected chi connectivity index (χ1v) is 10.0. The molecule has 0 fully saturated rings. The highest BCUT2D eigenvalue weighted by Crippen LogP contribution is 2.47. The molecule has 0 unspecified atom stereocenters. The summed E-state index contributed by atoms with van der Waals surface area (Å²) >= 11 is 0. The fraction of sp³-hybridized carbons (Fsp3) is 0.280. The van der Waals surface area contributed by atoms with Gasteiger partial charge in [0.1, 0.15) is 5.82 Å². The number of nitrogens with two attached hydrogens (primary N) is 1. The van der Waals surface area contributed by atoms with Crippen molar-refractivity contribution in [1.29, 1.82) is 5.26 Å². The molecule has 1 aliphatic carbocycles. The maximum atomic E-state index is 13.2. The van der Waals surface area contributed by atoms with Crippen molar-refractivity contribution in [1.82, 2.24) is 0 Å². The van der Waals surface area contributed by atoms with Crippen LogP contribution in [0.1, 0.15) is 47.4 Å². The van der Waals surface area contributed by atoms with Crippen molar-refractivity contribution >= 4 is 11.5 Å². The minimum Gasteiger partial charge on any atom is -0.384 e. The normalized spacial score (nSPS) is 19.3. The predicted molar refractivity (Wildman–Crippen MR) is 115 cm³/mol. The number of anilines is 1. The Bertz CT molecular complexity index is 1100. The molecule has 1 heterocycles. The Morgan fingerprint density at radius 1 is 1.03 bits per heavy atom. The van der Waals surface area contributed by atoms with Crippen molar-refractivity contribution < 1.29 is 4.79 Å². The Morgan fingerprint density at radius 3 is 2.41 bits per heavy atom.